The molecule has 0 heterocycles. The molecule has 1 atom stereocenters. The van der Waals surface area contributed by atoms with Gasteiger partial charge in [0.2, 0.25) is 0 Å². The molecule has 3 nitrogen and oxygen atoms in total. The Kier molecular flexibility index (Phi) is 6.52. The molecule has 18 heavy (non-hydrogen) atoms. The van der Waals surface area contributed by atoms with Crippen LogP contribution in [0.15, 0.2) is 24.3 Å². The molecular formula is C12H18ClF2NO2. The standard InChI is InChI=1S/C12H17F2NO2.ClH/c1-12(2,7-16)10(15)8-5-3-4-6-9(8)17-11(13)14;/h3-6,10-11,16H,7,15H2,1-2H3;1H/t10-;/m1./s1. The lowest BCUT2D eigenvalue weighted by Gasteiger charge is -2.30. The zero-order chi connectivity index (χ0) is 13.1. The number of aliphatic hydroxyl groups is 1. The molecule has 0 unspecified atom stereocenters. The number of nitrogens with two attached hydrogens (primary N) is 1. The molecule has 0 amide bonds. The number of rotatable bonds is 5. The van der Waals surface area contributed by atoms with Crippen LogP contribution in [0.5, 0.6) is 5.75 Å². The molecule has 0 aliphatic heterocycles. The Morgan fingerprint density at radius 2 is 1.89 bits per heavy atom. The van der Waals surface area contributed by atoms with Crippen LogP contribution in [0.4, 0.5) is 8.78 Å². The van der Waals surface area contributed by atoms with E-state index in [2.05, 4.69) is 4.74 Å². The zero-order valence-electron chi connectivity index (χ0n) is 10.3. The van der Waals surface area contributed by atoms with E-state index in [9.17, 15) is 13.9 Å². The second-order valence-corrected chi connectivity index (χ2v) is 4.54. The maximum atomic E-state index is 12.2. The fraction of sp³-hybridized carbons (Fsp3) is 0.500. The van der Waals surface area contributed by atoms with Crippen LogP contribution in [-0.4, -0.2) is 18.3 Å². The summed E-state index contributed by atoms with van der Waals surface area (Å²) in [6.45, 7) is 0.491. The molecule has 3 N–H and O–H groups in total. The molecule has 1 rings (SSSR count). The topological polar surface area (TPSA) is 55.5 Å². The largest absolute Gasteiger partial charge is 0.434 e. The molecule has 0 fully saturated rings. The number of aliphatic hydroxyl groups excluding tert-OH is 1. The summed E-state index contributed by atoms with van der Waals surface area (Å²) in [6.07, 6.45) is 0. The number of benzene rings is 1. The minimum atomic E-state index is -2.89. The number of ether oxygens (including phenoxy) is 1. The molecule has 0 saturated heterocycles. The van der Waals surface area contributed by atoms with E-state index in [0.717, 1.165) is 0 Å². The average Bonchev–Trinajstić information content (AvgIpc) is 2.28. The number of para-hydroxylation sites is 1. The minimum absolute atomic E-state index is 0. The molecule has 0 aliphatic carbocycles. The Labute approximate surface area is 111 Å². The molecule has 1 aromatic rings. The van der Waals surface area contributed by atoms with Crippen molar-refractivity contribution in [1.29, 1.82) is 0 Å². The van der Waals surface area contributed by atoms with Crippen LogP contribution in [0, 0.1) is 5.41 Å². The van der Waals surface area contributed by atoms with E-state index in [1.807, 2.05) is 0 Å². The highest BCUT2D eigenvalue weighted by Gasteiger charge is 2.29. The van der Waals surface area contributed by atoms with Crippen molar-refractivity contribution in [2.45, 2.75) is 26.5 Å². The highest BCUT2D eigenvalue weighted by molar-refractivity contribution is 5.85. The molecule has 0 saturated carbocycles. The summed E-state index contributed by atoms with van der Waals surface area (Å²) >= 11 is 0. The fourth-order valence-electron chi connectivity index (χ4n) is 1.46. The first-order chi connectivity index (χ1) is 7.88. The van der Waals surface area contributed by atoms with Crippen LogP contribution in [-0.2, 0) is 0 Å². The molecule has 0 aromatic heterocycles. The van der Waals surface area contributed by atoms with Crippen molar-refractivity contribution >= 4 is 12.4 Å². The summed E-state index contributed by atoms with van der Waals surface area (Å²) in [4.78, 5) is 0. The SMILES string of the molecule is CC(C)(CO)[C@H](N)c1ccccc1OC(F)F.Cl. The van der Waals surface area contributed by atoms with Crippen molar-refractivity contribution in [2.24, 2.45) is 11.1 Å². The van der Waals surface area contributed by atoms with Gasteiger partial charge in [-0.2, -0.15) is 8.78 Å². The summed E-state index contributed by atoms with van der Waals surface area (Å²) in [6, 6.07) is 5.78. The smallest absolute Gasteiger partial charge is 0.387 e. The molecule has 104 valence electrons. The van der Waals surface area contributed by atoms with Crippen molar-refractivity contribution < 1.29 is 18.6 Å². The molecule has 0 bridgehead atoms. The first-order valence-electron chi connectivity index (χ1n) is 5.28. The van der Waals surface area contributed by atoms with Crippen molar-refractivity contribution in [3.8, 4) is 5.75 Å². The summed E-state index contributed by atoms with van der Waals surface area (Å²) in [5.74, 6) is 0.0523. The predicted molar refractivity (Wildman–Crippen MR) is 68.1 cm³/mol. The van der Waals surface area contributed by atoms with Crippen molar-refractivity contribution in [1.82, 2.24) is 0 Å². The summed E-state index contributed by atoms with van der Waals surface area (Å²) in [5, 5.41) is 9.23. The predicted octanol–water partition coefficient (Wildman–Crippen LogP) is 2.73. The van der Waals surface area contributed by atoms with E-state index in [1.54, 1.807) is 32.0 Å². The van der Waals surface area contributed by atoms with E-state index >= 15 is 0 Å². The van der Waals surface area contributed by atoms with Crippen LogP contribution in [0.1, 0.15) is 25.5 Å². The van der Waals surface area contributed by atoms with Gasteiger partial charge in [0.25, 0.3) is 0 Å². The van der Waals surface area contributed by atoms with Gasteiger partial charge in [0.1, 0.15) is 5.75 Å². The molecule has 0 radical (unpaired) electrons. The van der Waals surface area contributed by atoms with Gasteiger partial charge in [-0.3, -0.25) is 0 Å². The number of hydrogen-bond acceptors (Lipinski definition) is 3. The Balaban J connectivity index is 0.00000289. The average molecular weight is 282 g/mol. The van der Waals surface area contributed by atoms with Crippen LogP contribution >= 0.6 is 12.4 Å². The Morgan fingerprint density at radius 3 is 2.39 bits per heavy atom. The van der Waals surface area contributed by atoms with Gasteiger partial charge < -0.3 is 15.6 Å². The summed E-state index contributed by atoms with van der Waals surface area (Å²) in [5.41, 5.74) is 5.83. The van der Waals surface area contributed by atoms with Gasteiger partial charge in [0, 0.05) is 23.6 Å². The Hall–Kier alpha value is -0.910. The first-order valence-corrected chi connectivity index (χ1v) is 5.28. The Bertz CT molecular complexity index is 375. The molecular weight excluding hydrogens is 264 g/mol. The minimum Gasteiger partial charge on any atom is -0.434 e. The fourth-order valence-corrected chi connectivity index (χ4v) is 1.46. The normalized spacial score (nSPS) is 13.1. The van der Waals surface area contributed by atoms with Crippen LogP contribution in [0.3, 0.4) is 0 Å². The van der Waals surface area contributed by atoms with Crippen molar-refractivity contribution in [2.75, 3.05) is 6.61 Å². The highest BCUT2D eigenvalue weighted by Crippen LogP contribution is 2.35. The molecule has 1 aromatic carbocycles. The maximum absolute atomic E-state index is 12.2. The van der Waals surface area contributed by atoms with Gasteiger partial charge in [-0.1, -0.05) is 32.0 Å². The van der Waals surface area contributed by atoms with E-state index in [-0.39, 0.29) is 24.8 Å². The third-order valence-electron chi connectivity index (χ3n) is 2.72. The van der Waals surface area contributed by atoms with Crippen LogP contribution in [0.25, 0.3) is 0 Å². The quantitative estimate of drug-likeness (QED) is 0.872. The number of hydrogen-bond donors (Lipinski definition) is 2. The lowest BCUT2D eigenvalue weighted by molar-refractivity contribution is -0.0511. The van der Waals surface area contributed by atoms with E-state index in [1.165, 1.54) is 6.07 Å². The first kappa shape index (κ1) is 17.1. The van der Waals surface area contributed by atoms with E-state index in [0.29, 0.717) is 5.56 Å². The third kappa shape index (κ3) is 4.08. The number of alkyl halides is 2. The van der Waals surface area contributed by atoms with Gasteiger partial charge in [-0.25, -0.2) is 0 Å². The van der Waals surface area contributed by atoms with Crippen LogP contribution in [0.2, 0.25) is 0 Å². The van der Waals surface area contributed by atoms with Crippen LogP contribution < -0.4 is 10.5 Å². The zero-order valence-corrected chi connectivity index (χ0v) is 11.1. The summed E-state index contributed by atoms with van der Waals surface area (Å²) < 4.78 is 28.9. The Morgan fingerprint density at radius 1 is 1.33 bits per heavy atom. The second kappa shape index (κ2) is 6.87. The van der Waals surface area contributed by atoms with Gasteiger partial charge in [0.05, 0.1) is 0 Å². The highest BCUT2D eigenvalue weighted by atomic mass is 35.5. The summed E-state index contributed by atoms with van der Waals surface area (Å²) in [7, 11) is 0. The van der Waals surface area contributed by atoms with E-state index in [4.69, 9.17) is 5.73 Å². The lowest BCUT2D eigenvalue weighted by atomic mass is 9.81. The van der Waals surface area contributed by atoms with E-state index < -0.39 is 18.1 Å². The number of halogens is 3. The molecule has 6 heteroatoms. The van der Waals surface area contributed by atoms with Gasteiger partial charge in [-0.05, 0) is 6.07 Å². The van der Waals surface area contributed by atoms with Crippen molar-refractivity contribution in [3.05, 3.63) is 29.8 Å². The third-order valence-corrected chi connectivity index (χ3v) is 2.72. The van der Waals surface area contributed by atoms with Crippen molar-refractivity contribution in [3.63, 3.8) is 0 Å². The lowest BCUT2D eigenvalue weighted by Crippen LogP contribution is -2.32. The molecule has 0 aliphatic rings. The molecule has 0 spiro atoms. The van der Waals surface area contributed by atoms with Gasteiger partial charge >= 0.3 is 6.61 Å². The maximum Gasteiger partial charge on any atom is 0.387 e. The van der Waals surface area contributed by atoms with Gasteiger partial charge in [-0.15, -0.1) is 12.4 Å². The van der Waals surface area contributed by atoms with Gasteiger partial charge in [0.15, 0.2) is 0 Å². The monoisotopic (exact) mass is 281 g/mol. The second-order valence-electron chi connectivity index (χ2n) is 4.54.